The van der Waals surface area contributed by atoms with Crippen molar-refractivity contribution in [3.8, 4) is 11.6 Å². The largest absolute Gasteiger partial charge is 0.437 e. The molecule has 3 rings (SSSR count). The molecule has 0 atom stereocenters. The Morgan fingerprint density at radius 1 is 1.18 bits per heavy atom. The summed E-state index contributed by atoms with van der Waals surface area (Å²) in [5, 5.41) is 1.44. The molecule has 0 spiro atoms. The highest BCUT2D eigenvalue weighted by Gasteiger charge is 2.05. The van der Waals surface area contributed by atoms with Gasteiger partial charge in [-0.2, -0.15) is 0 Å². The molecule has 84 valence electrons. The van der Waals surface area contributed by atoms with Crippen LogP contribution in [0.3, 0.4) is 0 Å². The SMILES string of the molecule is Clc1cc(Oc2cccc3cc[nH]c23)ncn1. The van der Waals surface area contributed by atoms with Gasteiger partial charge in [0.2, 0.25) is 5.88 Å². The first-order valence-electron chi connectivity index (χ1n) is 5.04. The average Bonchev–Trinajstić information content (AvgIpc) is 2.78. The van der Waals surface area contributed by atoms with Crippen LogP contribution >= 0.6 is 11.6 Å². The molecule has 0 aliphatic carbocycles. The Balaban J connectivity index is 2.02. The highest BCUT2D eigenvalue weighted by Crippen LogP contribution is 2.28. The Bertz CT molecular complexity index is 665. The Morgan fingerprint density at radius 2 is 2.12 bits per heavy atom. The zero-order chi connectivity index (χ0) is 11.7. The van der Waals surface area contributed by atoms with Crippen LogP contribution in [-0.2, 0) is 0 Å². The lowest BCUT2D eigenvalue weighted by molar-refractivity contribution is 0.466. The van der Waals surface area contributed by atoms with E-state index in [0.29, 0.717) is 16.8 Å². The average molecular weight is 246 g/mol. The first-order chi connectivity index (χ1) is 8.33. The Labute approximate surface area is 102 Å². The third-order valence-electron chi connectivity index (χ3n) is 2.37. The number of rotatable bonds is 2. The molecule has 0 fully saturated rings. The maximum Gasteiger partial charge on any atom is 0.223 e. The zero-order valence-electron chi connectivity index (χ0n) is 8.72. The number of halogens is 1. The van der Waals surface area contributed by atoms with E-state index < -0.39 is 0 Å². The maximum absolute atomic E-state index is 5.77. The lowest BCUT2D eigenvalue weighted by atomic mass is 10.2. The van der Waals surface area contributed by atoms with Crippen LogP contribution in [0.15, 0.2) is 42.9 Å². The van der Waals surface area contributed by atoms with Crippen LogP contribution in [0.5, 0.6) is 11.6 Å². The van der Waals surface area contributed by atoms with Crippen LogP contribution in [0.25, 0.3) is 10.9 Å². The molecule has 0 saturated heterocycles. The van der Waals surface area contributed by atoms with Gasteiger partial charge in [-0.25, -0.2) is 9.97 Å². The normalized spacial score (nSPS) is 10.6. The van der Waals surface area contributed by atoms with E-state index in [4.69, 9.17) is 16.3 Å². The summed E-state index contributed by atoms with van der Waals surface area (Å²) in [4.78, 5) is 10.9. The highest BCUT2D eigenvalue weighted by atomic mass is 35.5. The summed E-state index contributed by atoms with van der Waals surface area (Å²) >= 11 is 5.77. The highest BCUT2D eigenvalue weighted by molar-refractivity contribution is 6.29. The van der Waals surface area contributed by atoms with E-state index in [1.165, 1.54) is 6.33 Å². The molecule has 0 aliphatic rings. The zero-order valence-corrected chi connectivity index (χ0v) is 9.48. The van der Waals surface area contributed by atoms with E-state index >= 15 is 0 Å². The molecule has 1 N–H and O–H groups in total. The number of benzene rings is 1. The molecular formula is C12H8ClN3O. The summed E-state index contributed by atoms with van der Waals surface area (Å²) in [6, 6.07) is 9.35. The first kappa shape index (κ1) is 10.1. The number of hydrogen-bond donors (Lipinski definition) is 1. The Hall–Kier alpha value is -2.07. The van der Waals surface area contributed by atoms with Gasteiger partial charge >= 0.3 is 0 Å². The number of nitrogens with one attached hydrogen (secondary N) is 1. The van der Waals surface area contributed by atoms with E-state index in [2.05, 4.69) is 15.0 Å². The Morgan fingerprint density at radius 3 is 3.00 bits per heavy atom. The summed E-state index contributed by atoms with van der Waals surface area (Å²) in [6.07, 6.45) is 3.23. The van der Waals surface area contributed by atoms with Gasteiger partial charge in [0, 0.05) is 17.6 Å². The van der Waals surface area contributed by atoms with Crippen molar-refractivity contribution in [2.24, 2.45) is 0 Å². The molecule has 17 heavy (non-hydrogen) atoms. The van der Waals surface area contributed by atoms with Crippen molar-refractivity contribution in [1.29, 1.82) is 0 Å². The van der Waals surface area contributed by atoms with Gasteiger partial charge < -0.3 is 9.72 Å². The number of H-pyrrole nitrogens is 1. The van der Waals surface area contributed by atoms with Crippen LogP contribution in [-0.4, -0.2) is 15.0 Å². The van der Waals surface area contributed by atoms with Gasteiger partial charge in [0.1, 0.15) is 11.5 Å². The molecule has 0 aliphatic heterocycles. The van der Waals surface area contributed by atoms with E-state index in [1.54, 1.807) is 6.07 Å². The molecule has 2 aromatic heterocycles. The number of aromatic amines is 1. The van der Waals surface area contributed by atoms with Gasteiger partial charge in [-0.1, -0.05) is 23.7 Å². The quantitative estimate of drug-likeness (QED) is 0.704. The predicted octanol–water partition coefficient (Wildman–Crippen LogP) is 3.40. The van der Waals surface area contributed by atoms with Crippen molar-refractivity contribution in [1.82, 2.24) is 15.0 Å². The fraction of sp³-hybridized carbons (Fsp3) is 0. The van der Waals surface area contributed by atoms with Crippen LogP contribution < -0.4 is 4.74 Å². The molecule has 0 unspecified atom stereocenters. The van der Waals surface area contributed by atoms with Crippen LogP contribution in [0.2, 0.25) is 5.15 Å². The number of para-hydroxylation sites is 1. The molecule has 0 amide bonds. The third-order valence-corrected chi connectivity index (χ3v) is 2.58. The van der Waals surface area contributed by atoms with Gasteiger partial charge in [0.05, 0.1) is 5.52 Å². The lowest BCUT2D eigenvalue weighted by Gasteiger charge is -2.05. The molecule has 5 heteroatoms. The van der Waals surface area contributed by atoms with Gasteiger partial charge in [0.15, 0.2) is 5.75 Å². The third kappa shape index (κ3) is 1.94. The van der Waals surface area contributed by atoms with Crippen LogP contribution in [0, 0.1) is 0 Å². The summed E-state index contributed by atoms with van der Waals surface area (Å²) in [6.45, 7) is 0. The van der Waals surface area contributed by atoms with Crippen molar-refractivity contribution in [2.45, 2.75) is 0 Å². The topological polar surface area (TPSA) is 50.8 Å². The molecule has 0 bridgehead atoms. The summed E-state index contributed by atoms with van der Waals surface area (Å²) in [5.74, 6) is 1.13. The summed E-state index contributed by atoms with van der Waals surface area (Å²) in [7, 11) is 0. The molecule has 4 nitrogen and oxygen atoms in total. The van der Waals surface area contributed by atoms with E-state index in [-0.39, 0.29) is 0 Å². The lowest BCUT2D eigenvalue weighted by Crippen LogP contribution is -1.89. The molecule has 2 heterocycles. The number of hydrogen-bond acceptors (Lipinski definition) is 3. The van der Waals surface area contributed by atoms with E-state index in [9.17, 15) is 0 Å². The van der Waals surface area contributed by atoms with Gasteiger partial charge in [-0.15, -0.1) is 0 Å². The standard InChI is InChI=1S/C12H8ClN3O/c13-10-6-11(16-7-15-10)17-9-3-1-2-8-4-5-14-12(8)9/h1-7,14H. The van der Waals surface area contributed by atoms with Crippen molar-refractivity contribution in [3.05, 3.63) is 48.0 Å². The second-order valence-corrected chi connectivity index (χ2v) is 3.87. The monoisotopic (exact) mass is 245 g/mol. The van der Waals surface area contributed by atoms with Crippen molar-refractivity contribution in [2.75, 3.05) is 0 Å². The minimum absolute atomic E-state index is 0.355. The van der Waals surface area contributed by atoms with Gasteiger partial charge in [0.25, 0.3) is 0 Å². The number of ether oxygens (including phenoxy) is 1. The van der Waals surface area contributed by atoms with Crippen molar-refractivity contribution < 1.29 is 4.74 Å². The fourth-order valence-electron chi connectivity index (χ4n) is 1.63. The van der Waals surface area contributed by atoms with Crippen molar-refractivity contribution >= 4 is 22.5 Å². The van der Waals surface area contributed by atoms with Gasteiger partial charge in [-0.05, 0) is 12.1 Å². The van der Waals surface area contributed by atoms with E-state index in [1.807, 2.05) is 30.5 Å². The predicted molar refractivity (Wildman–Crippen MR) is 65.4 cm³/mol. The minimum atomic E-state index is 0.355. The molecule has 1 aromatic carbocycles. The fourth-order valence-corrected chi connectivity index (χ4v) is 1.76. The van der Waals surface area contributed by atoms with Crippen molar-refractivity contribution in [3.63, 3.8) is 0 Å². The number of fused-ring (bicyclic) bond motifs is 1. The molecule has 3 aromatic rings. The summed E-state index contributed by atoms with van der Waals surface area (Å²) < 4.78 is 5.66. The van der Waals surface area contributed by atoms with Gasteiger partial charge in [-0.3, -0.25) is 0 Å². The molecular weight excluding hydrogens is 238 g/mol. The number of nitrogens with zero attached hydrogens (tertiary/aromatic N) is 2. The van der Waals surface area contributed by atoms with Crippen LogP contribution in [0.4, 0.5) is 0 Å². The second kappa shape index (κ2) is 4.07. The maximum atomic E-state index is 5.77. The van der Waals surface area contributed by atoms with Crippen LogP contribution in [0.1, 0.15) is 0 Å². The Kier molecular flexibility index (Phi) is 2.42. The second-order valence-electron chi connectivity index (χ2n) is 3.48. The molecule has 0 saturated carbocycles. The summed E-state index contributed by atoms with van der Waals surface area (Å²) in [5.41, 5.74) is 0.933. The molecule has 0 radical (unpaired) electrons. The minimum Gasteiger partial charge on any atom is -0.437 e. The van der Waals surface area contributed by atoms with E-state index in [0.717, 1.165) is 10.9 Å². The smallest absolute Gasteiger partial charge is 0.223 e. The number of aromatic nitrogens is 3. The first-order valence-corrected chi connectivity index (χ1v) is 5.42.